The number of halogens is 4. The smallest absolute Gasteiger partial charge is 0.382 e. The minimum Gasteiger partial charge on any atom is -0.382 e. The molecule has 0 radical (unpaired) electrons. The van der Waals surface area contributed by atoms with Gasteiger partial charge in [-0.25, -0.2) is 9.88 Å². The maximum Gasteiger partial charge on any atom is 0.419 e. The summed E-state index contributed by atoms with van der Waals surface area (Å²) >= 11 is 6.05. The zero-order valence-corrected chi connectivity index (χ0v) is 14.8. The van der Waals surface area contributed by atoms with Crippen LogP contribution in [0, 0.1) is 0 Å². The first kappa shape index (κ1) is 18.9. The van der Waals surface area contributed by atoms with E-state index in [1.165, 1.54) is 4.90 Å². The van der Waals surface area contributed by atoms with E-state index in [4.69, 9.17) is 11.6 Å². The highest BCUT2D eigenvalue weighted by Crippen LogP contribution is 2.32. The molecule has 3 rings (SSSR count). The van der Waals surface area contributed by atoms with Crippen molar-refractivity contribution in [3.63, 3.8) is 0 Å². The number of hydrogen-bond donors (Lipinski definition) is 2. The van der Waals surface area contributed by atoms with Gasteiger partial charge in [0.1, 0.15) is 50.0 Å². The molecule has 0 spiro atoms. The van der Waals surface area contributed by atoms with Gasteiger partial charge in [-0.05, 0) is 11.6 Å². The molecule has 0 bridgehead atoms. The van der Waals surface area contributed by atoms with Gasteiger partial charge in [-0.3, -0.25) is 0 Å². The Morgan fingerprint density at radius 3 is 2.42 bits per heavy atom. The lowest BCUT2D eigenvalue weighted by Crippen LogP contribution is -3.15. The van der Waals surface area contributed by atoms with Gasteiger partial charge in [0.05, 0.1) is 5.56 Å². The molecule has 140 valence electrons. The maximum absolute atomic E-state index is 12.7. The van der Waals surface area contributed by atoms with Crippen molar-refractivity contribution in [2.45, 2.75) is 12.3 Å². The van der Waals surface area contributed by atoms with Crippen LogP contribution in [0.5, 0.6) is 0 Å². The van der Waals surface area contributed by atoms with Crippen LogP contribution in [0.1, 0.15) is 17.2 Å². The minimum atomic E-state index is -4.42. The molecular formula is C18H21ClF3N3O+2. The molecular weight excluding hydrogens is 367 g/mol. The molecule has 0 aliphatic carbocycles. The van der Waals surface area contributed by atoms with Crippen molar-refractivity contribution in [1.29, 1.82) is 0 Å². The van der Waals surface area contributed by atoms with E-state index in [0.29, 0.717) is 25.5 Å². The summed E-state index contributed by atoms with van der Waals surface area (Å²) in [6.45, 7) is 3.45. The van der Waals surface area contributed by atoms with Crippen molar-refractivity contribution in [3.8, 4) is 0 Å². The molecule has 1 aliphatic rings. The topological polar surface area (TPSA) is 42.1 Å². The Morgan fingerprint density at radius 2 is 1.85 bits per heavy atom. The first-order valence-electron chi connectivity index (χ1n) is 8.44. The number of quaternary nitrogens is 1. The molecule has 4 nitrogen and oxygen atoms in total. The summed E-state index contributed by atoms with van der Waals surface area (Å²) in [5.74, 6) is 0.502. The van der Waals surface area contributed by atoms with Gasteiger partial charge in [-0.1, -0.05) is 41.9 Å². The van der Waals surface area contributed by atoms with Crippen LogP contribution >= 0.6 is 11.6 Å². The van der Waals surface area contributed by atoms with Crippen molar-refractivity contribution in [2.75, 3.05) is 37.6 Å². The number of rotatable bonds is 4. The molecule has 0 amide bonds. The zero-order chi connectivity index (χ0) is 18.7. The van der Waals surface area contributed by atoms with Crippen LogP contribution in [0.4, 0.5) is 19.0 Å². The van der Waals surface area contributed by atoms with Crippen molar-refractivity contribution in [2.24, 2.45) is 0 Å². The van der Waals surface area contributed by atoms with Gasteiger partial charge in [0, 0.05) is 0 Å². The number of aliphatic hydroxyl groups excluding tert-OH is 1. The van der Waals surface area contributed by atoms with Crippen LogP contribution in [0.15, 0.2) is 42.6 Å². The van der Waals surface area contributed by atoms with Crippen LogP contribution < -0.4 is 14.8 Å². The van der Waals surface area contributed by atoms with Gasteiger partial charge < -0.3 is 10.0 Å². The average Bonchev–Trinajstić information content (AvgIpc) is 2.62. The molecule has 1 aromatic heterocycles. The summed E-state index contributed by atoms with van der Waals surface area (Å²) < 4.78 is 38.2. The van der Waals surface area contributed by atoms with E-state index < -0.39 is 17.8 Å². The maximum atomic E-state index is 12.7. The molecule has 2 heterocycles. The van der Waals surface area contributed by atoms with Gasteiger partial charge in [-0.15, -0.1) is 0 Å². The van der Waals surface area contributed by atoms with Crippen molar-refractivity contribution in [3.05, 3.63) is 58.7 Å². The van der Waals surface area contributed by atoms with Gasteiger partial charge in [0.2, 0.25) is 0 Å². The average molecular weight is 388 g/mol. The Hall–Kier alpha value is -1.83. The Bertz CT molecular complexity index is 734. The van der Waals surface area contributed by atoms with Crippen molar-refractivity contribution < 1.29 is 28.2 Å². The van der Waals surface area contributed by atoms with Gasteiger partial charge >= 0.3 is 6.18 Å². The molecule has 1 atom stereocenters. The number of benzene rings is 1. The SMILES string of the molecule is O[C@@H](C[NH+]1CCN(c2[nH+]cc(C(F)(F)F)cc2Cl)CC1)c1ccccc1. The van der Waals surface area contributed by atoms with Crippen LogP contribution in [0.25, 0.3) is 0 Å². The lowest BCUT2D eigenvalue weighted by molar-refractivity contribution is -0.904. The Morgan fingerprint density at radius 1 is 1.19 bits per heavy atom. The standard InChI is InChI=1S/C18H19ClF3N3O/c19-15-10-14(18(20,21)22)11-23-17(15)25-8-6-24(7-9-25)12-16(26)13-4-2-1-3-5-13/h1-5,10-11,16,26H,6-9,12H2/p+2/t16-/m0/s1. The highest BCUT2D eigenvalue weighted by atomic mass is 35.5. The fourth-order valence-corrected chi connectivity index (χ4v) is 3.48. The second kappa shape index (κ2) is 7.82. The molecule has 2 aromatic rings. The summed E-state index contributed by atoms with van der Waals surface area (Å²) in [6.07, 6.45) is -4.01. The Labute approximate surface area is 154 Å². The monoisotopic (exact) mass is 387 g/mol. The van der Waals surface area contributed by atoms with E-state index in [2.05, 4.69) is 4.98 Å². The summed E-state index contributed by atoms with van der Waals surface area (Å²) in [7, 11) is 0. The number of pyridine rings is 1. The van der Waals surface area contributed by atoms with Crippen LogP contribution in [0.2, 0.25) is 5.02 Å². The van der Waals surface area contributed by atoms with E-state index in [0.717, 1.165) is 30.9 Å². The predicted molar refractivity (Wildman–Crippen MR) is 92.2 cm³/mol. The highest BCUT2D eigenvalue weighted by molar-refractivity contribution is 6.32. The second-order valence-electron chi connectivity index (χ2n) is 6.45. The van der Waals surface area contributed by atoms with Crippen molar-refractivity contribution >= 4 is 17.4 Å². The quantitative estimate of drug-likeness (QED) is 0.837. The third kappa shape index (κ3) is 4.47. The second-order valence-corrected chi connectivity index (χ2v) is 6.86. The predicted octanol–water partition coefficient (Wildman–Crippen LogP) is 1.61. The number of aliphatic hydroxyl groups is 1. The fourth-order valence-electron chi connectivity index (χ4n) is 3.18. The first-order valence-corrected chi connectivity index (χ1v) is 8.82. The Balaban J connectivity index is 1.58. The first-order chi connectivity index (χ1) is 12.3. The third-order valence-electron chi connectivity index (χ3n) is 4.65. The van der Waals surface area contributed by atoms with E-state index >= 15 is 0 Å². The van der Waals surface area contributed by atoms with Gasteiger partial charge in [0.15, 0.2) is 0 Å². The number of nitrogens with zero attached hydrogens (tertiary/aromatic N) is 1. The summed E-state index contributed by atoms with van der Waals surface area (Å²) in [5, 5.41) is 10.4. The third-order valence-corrected chi connectivity index (χ3v) is 4.94. The van der Waals surface area contributed by atoms with Crippen LogP contribution in [0.3, 0.4) is 0 Å². The van der Waals surface area contributed by atoms with E-state index in [9.17, 15) is 18.3 Å². The van der Waals surface area contributed by atoms with Crippen LogP contribution in [-0.4, -0.2) is 37.8 Å². The number of anilines is 1. The highest BCUT2D eigenvalue weighted by Gasteiger charge is 2.35. The van der Waals surface area contributed by atoms with Crippen LogP contribution in [-0.2, 0) is 6.18 Å². The molecule has 8 heteroatoms. The number of aromatic nitrogens is 1. The number of nitrogens with one attached hydrogen (secondary N) is 2. The number of hydrogen-bond acceptors (Lipinski definition) is 2. The lowest BCUT2D eigenvalue weighted by atomic mass is 10.1. The molecule has 1 saturated heterocycles. The van der Waals surface area contributed by atoms with E-state index in [1.54, 1.807) is 0 Å². The molecule has 1 aliphatic heterocycles. The van der Waals surface area contributed by atoms with Gasteiger partial charge in [0.25, 0.3) is 5.82 Å². The molecule has 3 N–H and O–H groups in total. The molecule has 26 heavy (non-hydrogen) atoms. The molecule has 0 saturated carbocycles. The minimum absolute atomic E-state index is 0.0626. The number of aromatic amines is 1. The zero-order valence-electron chi connectivity index (χ0n) is 14.1. The van der Waals surface area contributed by atoms with Crippen molar-refractivity contribution in [1.82, 2.24) is 0 Å². The number of piperazine rings is 1. The molecule has 0 unspecified atom stereocenters. The molecule has 1 aromatic carbocycles. The van der Waals surface area contributed by atoms with E-state index in [1.807, 2.05) is 35.2 Å². The molecule has 1 fully saturated rings. The number of H-pyrrole nitrogens is 1. The number of alkyl halides is 3. The normalized spacial score (nSPS) is 17.3. The van der Waals surface area contributed by atoms with E-state index in [-0.39, 0.29) is 5.02 Å². The Kier molecular flexibility index (Phi) is 5.70. The lowest BCUT2D eigenvalue weighted by Gasteiger charge is -2.30. The summed E-state index contributed by atoms with van der Waals surface area (Å²) in [4.78, 5) is 5.87. The largest absolute Gasteiger partial charge is 0.419 e. The van der Waals surface area contributed by atoms with Gasteiger partial charge in [-0.2, -0.15) is 13.2 Å². The summed E-state index contributed by atoms with van der Waals surface area (Å²) in [6, 6.07) is 10.5. The fraction of sp³-hybridized carbons (Fsp3) is 0.389. The summed E-state index contributed by atoms with van der Waals surface area (Å²) in [5.41, 5.74) is 0.100.